The van der Waals surface area contributed by atoms with Crippen LogP contribution in [0.4, 0.5) is 5.69 Å². The molecule has 1 aliphatic heterocycles. The molecule has 0 bridgehead atoms. The Morgan fingerprint density at radius 3 is 2.26 bits per heavy atom. The number of sulfonamides is 1. The molecule has 0 amide bonds. The minimum absolute atomic E-state index is 0.126. The average Bonchev–Trinajstić information content (AvgIpc) is 2.68. The zero-order valence-corrected chi connectivity index (χ0v) is 16.9. The van der Waals surface area contributed by atoms with Crippen molar-refractivity contribution in [3.05, 3.63) is 65.2 Å². The molecule has 0 unspecified atom stereocenters. The lowest BCUT2D eigenvalue weighted by atomic mass is 10.2. The highest BCUT2D eigenvalue weighted by atomic mass is 35.5. The van der Waals surface area contributed by atoms with E-state index in [1.807, 2.05) is 54.6 Å². The maximum atomic E-state index is 12.2. The monoisotopic (exact) mass is 407 g/mol. The molecule has 0 aliphatic carbocycles. The van der Waals surface area contributed by atoms with Gasteiger partial charge in [-0.2, -0.15) is 0 Å². The van der Waals surface area contributed by atoms with Crippen LogP contribution in [0.5, 0.6) is 0 Å². The van der Waals surface area contributed by atoms with Crippen LogP contribution in [0.1, 0.15) is 5.56 Å². The third kappa shape index (κ3) is 6.50. The highest BCUT2D eigenvalue weighted by Gasteiger charge is 2.18. The normalized spacial score (nSPS) is 15.8. The van der Waals surface area contributed by atoms with Crippen LogP contribution in [0, 0.1) is 0 Å². The molecule has 1 N–H and O–H groups in total. The lowest BCUT2D eigenvalue weighted by Crippen LogP contribution is -2.48. The Labute approximate surface area is 167 Å². The van der Waals surface area contributed by atoms with Crippen LogP contribution < -0.4 is 9.62 Å². The van der Waals surface area contributed by atoms with Gasteiger partial charge in [-0.3, -0.25) is 4.90 Å². The zero-order valence-electron chi connectivity index (χ0n) is 15.4. The Kier molecular flexibility index (Phi) is 7.13. The van der Waals surface area contributed by atoms with E-state index in [-0.39, 0.29) is 5.75 Å². The summed E-state index contributed by atoms with van der Waals surface area (Å²) in [5.74, 6) is 0.126. The Hall–Kier alpha value is -1.60. The number of hydrogen-bond donors (Lipinski definition) is 1. The second-order valence-electron chi connectivity index (χ2n) is 6.75. The van der Waals surface area contributed by atoms with Crippen molar-refractivity contribution >= 4 is 27.3 Å². The van der Waals surface area contributed by atoms with Gasteiger partial charge in [0.1, 0.15) is 0 Å². The maximum Gasteiger partial charge on any atom is 0.211 e. The van der Waals surface area contributed by atoms with Crippen LogP contribution in [0.15, 0.2) is 54.6 Å². The lowest BCUT2D eigenvalue weighted by molar-refractivity contribution is 0.262. The van der Waals surface area contributed by atoms with Crippen molar-refractivity contribution in [1.29, 1.82) is 0 Å². The number of benzene rings is 2. The van der Waals surface area contributed by atoms with Gasteiger partial charge in [-0.15, -0.1) is 0 Å². The van der Waals surface area contributed by atoms with E-state index >= 15 is 0 Å². The highest BCUT2D eigenvalue weighted by molar-refractivity contribution is 7.89. The van der Waals surface area contributed by atoms with E-state index in [9.17, 15) is 8.42 Å². The predicted octanol–water partition coefficient (Wildman–Crippen LogP) is 2.62. The van der Waals surface area contributed by atoms with E-state index in [0.29, 0.717) is 13.0 Å². The fourth-order valence-corrected chi connectivity index (χ4v) is 4.39. The molecule has 27 heavy (non-hydrogen) atoms. The van der Waals surface area contributed by atoms with Crippen LogP contribution in [-0.2, 0) is 16.4 Å². The maximum absolute atomic E-state index is 12.2. The summed E-state index contributed by atoms with van der Waals surface area (Å²) < 4.78 is 27.1. The van der Waals surface area contributed by atoms with E-state index in [1.165, 1.54) is 5.69 Å². The van der Waals surface area contributed by atoms with Gasteiger partial charge in [0.15, 0.2) is 0 Å². The third-order valence-corrected chi connectivity index (χ3v) is 6.45. The molecule has 7 heteroatoms. The molecule has 146 valence electrons. The quantitative estimate of drug-likeness (QED) is 0.730. The van der Waals surface area contributed by atoms with Gasteiger partial charge < -0.3 is 4.90 Å². The molecule has 0 atom stereocenters. The van der Waals surface area contributed by atoms with Gasteiger partial charge in [-0.1, -0.05) is 41.9 Å². The van der Waals surface area contributed by atoms with E-state index in [1.54, 1.807) is 0 Å². The highest BCUT2D eigenvalue weighted by Crippen LogP contribution is 2.19. The molecule has 1 heterocycles. The van der Waals surface area contributed by atoms with E-state index < -0.39 is 10.0 Å². The summed E-state index contributed by atoms with van der Waals surface area (Å²) in [5.41, 5.74) is 2.22. The van der Waals surface area contributed by atoms with Gasteiger partial charge in [-0.25, -0.2) is 13.1 Å². The van der Waals surface area contributed by atoms with Gasteiger partial charge in [0.2, 0.25) is 10.0 Å². The first-order valence-corrected chi connectivity index (χ1v) is 11.3. The van der Waals surface area contributed by atoms with Crippen molar-refractivity contribution in [2.75, 3.05) is 49.9 Å². The van der Waals surface area contributed by atoms with Crippen LogP contribution in [-0.4, -0.2) is 58.3 Å². The first-order valence-electron chi connectivity index (χ1n) is 9.26. The average molecular weight is 408 g/mol. The summed E-state index contributed by atoms with van der Waals surface area (Å²) in [6, 6.07) is 17.6. The number of piperazine rings is 1. The number of rotatable bonds is 8. The molecule has 3 rings (SSSR count). The number of anilines is 1. The third-order valence-electron chi connectivity index (χ3n) is 4.82. The van der Waals surface area contributed by atoms with Crippen LogP contribution in [0.25, 0.3) is 0 Å². The summed E-state index contributed by atoms with van der Waals surface area (Å²) in [7, 11) is -3.24. The Balaban J connectivity index is 1.36. The molecule has 2 aromatic carbocycles. The van der Waals surface area contributed by atoms with Gasteiger partial charge in [0, 0.05) is 50.0 Å². The van der Waals surface area contributed by atoms with Crippen LogP contribution in [0.2, 0.25) is 5.02 Å². The van der Waals surface area contributed by atoms with Crippen molar-refractivity contribution < 1.29 is 8.42 Å². The molecular formula is C20H26ClN3O2S. The number of nitrogens with zero attached hydrogens (tertiary/aromatic N) is 2. The number of halogens is 1. The van der Waals surface area contributed by atoms with Gasteiger partial charge in [-0.05, 0) is 36.2 Å². The Bertz CT molecular complexity index is 805. The van der Waals surface area contributed by atoms with E-state index in [2.05, 4.69) is 14.5 Å². The molecule has 0 radical (unpaired) electrons. The summed E-state index contributed by atoms with van der Waals surface area (Å²) in [6.45, 7) is 4.91. The second kappa shape index (κ2) is 9.55. The second-order valence-corrected chi connectivity index (χ2v) is 9.12. The van der Waals surface area contributed by atoms with Gasteiger partial charge >= 0.3 is 0 Å². The standard InChI is InChI=1S/C20H26ClN3O2S/c21-19-6-8-20(9-7-19)24-15-13-23(14-16-24)12-11-22-27(25,26)17-10-18-4-2-1-3-5-18/h1-9,22H,10-17H2. The fraction of sp³-hybridized carbons (Fsp3) is 0.400. The summed E-state index contributed by atoms with van der Waals surface area (Å²) in [4.78, 5) is 4.63. The van der Waals surface area contributed by atoms with Crippen LogP contribution >= 0.6 is 11.6 Å². The molecule has 0 spiro atoms. The van der Waals surface area contributed by atoms with Crippen molar-refractivity contribution in [1.82, 2.24) is 9.62 Å². The number of hydrogen-bond acceptors (Lipinski definition) is 4. The van der Waals surface area contributed by atoms with Gasteiger partial charge in [0.05, 0.1) is 5.75 Å². The summed E-state index contributed by atoms with van der Waals surface area (Å²) in [5, 5.41) is 0.747. The van der Waals surface area contributed by atoms with Gasteiger partial charge in [0.25, 0.3) is 0 Å². The zero-order chi connectivity index (χ0) is 19.1. The summed E-state index contributed by atoms with van der Waals surface area (Å²) >= 11 is 5.94. The van der Waals surface area contributed by atoms with Crippen molar-refractivity contribution in [2.24, 2.45) is 0 Å². The van der Waals surface area contributed by atoms with E-state index in [0.717, 1.165) is 43.3 Å². The summed E-state index contributed by atoms with van der Waals surface area (Å²) in [6.07, 6.45) is 0.538. The number of nitrogens with one attached hydrogen (secondary N) is 1. The molecule has 1 aliphatic rings. The van der Waals surface area contributed by atoms with E-state index in [4.69, 9.17) is 11.6 Å². The topological polar surface area (TPSA) is 52.7 Å². The molecule has 2 aromatic rings. The fourth-order valence-electron chi connectivity index (χ4n) is 3.21. The molecule has 1 fully saturated rings. The molecule has 5 nitrogen and oxygen atoms in total. The molecule has 1 saturated heterocycles. The van der Waals surface area contributed by atoms with Crippen molar-refractivity contribution in [3.63, 3.8) is 0 Å². The molecular weight excluding hydrogens is 382 g/mol. The molecule has 0 saturated carbocycles. The minimum Gasteiger partial charge on any atom is -0.369 e. The van der Waals surface area contributed by atoms with Crippen molar-refractivity contribution in [2.45, 2.75) is 6.42 Å². The first-order chi connectivity index (χ1) is 13.0. The minimum atomic E-state index is -3.24. The largest absolute Gasteiger partial charge is 0.369 e. The lowest BCUT2D eigenvalue weighted by Gasteiger charge is -2.36. The molecule has 0 aromatic heterocycles. The first kappa shape index (κ1) is 20.1. The smallest absolute Gasteiger partial charge is 0.211 e. The predicted molar refractivity (Wildman–Crippen MR) is 112 cm³/mol. The van der Waals surface area contributed by atoms with Crippen molar-refractivity contribution in [3.8, 4) is 0 Å². The Morgan fingerprint density at radius 1 is 0.926 bits per heavy atom. The number of aryl methyl sites for hydroxylation is 1. The SMILES string of the molecule is O=S(=O)(CCc1ccccc1)NCCN1CCN(c2ccc(Cl)cc2)CC1. The van der Waals surface area contributed by atoms with Crippen LogP contribution in [0.3, 0.4) is 0 Å². The Morgan fingerprint density at radius 2 is 1.59 bits per heavy atom.